The summed E-state index contributed by atoms with van der Waals surface area (Å²) < 4.78 is 7.21. The van der Waals surface area contributed by atoms with Gasteiger partial charge in [-0.1, -0.05) is 5.21 Å². The number of ether oxygens (including phenoxy) is 1. The second-order valence-corrected chi connectivity index (χ2v) is 6.93. The minimum atomic E-state index is 0.0114. The molecule has 2 aromatic rings. The maximum absolute atomic E-state index is 12.5. The van der Waals surface area contributed by atoms with E-state index in [2.05, 4.69) is 10.3 Å². The van der Waals surface area contributed by atoms with Gasteiger partial charge in [-0.25, -0.2) is 4.68 Å². The Bertz CT molecular complexity index is 826. The fraction of sp³-hybridized carbons (Fsp3) is 0.474. The normalized spacial score (nSPS) is 17.3. The van der Waals surface area contributed by atoms with Crippen LogP contribution in [0.4, 0.5) is 0 Å². The lowest BCUT2D eigenvalue weighted by Gasteiger charge is -2.38. The van der Waals surface area contributed by atoms with Crippen LogP contribution in [0.15, 0.2) is 30.5 Å². The molecule has 8 nitrogen and oxygen atoms in total. The van der Waals surface area contributed by atoms with Gasteiger partial charge in [0.1, 0.15) is 11.4 Å². The van der Waals surface area contributed by atoms with Crippen LogP contribution in [-0.2, 0) is 11.3 Å². The number of likely N-dealkylation sites (tertiary alicyclic amines) is 2. The highest BCUT2D eigenvalue weighted by Gasteiger charge is 2.33. The van der Waals surface area contributed by atoms with Gasteiger partial charge < -0.3 is 14.5 Å². The highest BCUT2D eigenvalue weighted by Crippen LogP contribution is 2.24. The van der Waals surface area contributed by atoms with E-state index >= 15 is 0 Å². The number of benzene rings is 1. The predicted molar refractivity (Wildman–Crippen MR) is 97.2 cm³/mol. The van der Waals surface area contributed by atoms with Crippen LogP contribution < -0.4 is 4.74 Å². The first kappa shape index (κ1) is 17.5. The average molecular weight is 369 g/mol. The van der Waals surface area contributed by atoms with Crippen molar-refractivity contribution in [2.45, 2.75) is 32.4 Å². The van der Waals surface area contributed by atoms with E-state index in [9.17, 15) is 9.59 Å². The van der Waals surface area contributed by atoms with Crippen molar-refractivity contribution in [1.82, 2.24) is 24.8 Å². The largest absolute Gasteiger partial charge is 0.494 e. The van der Waals surface area contributed by atoms with Crippen molar-refractivity contribution in [2.24, 2.45) is 0 Å². The van der Waals surface area contributed by atoms with Gasteiger partial charge >= 0.3 is 0 Å². The molecule has 0 unspecified atom stereocenters. The monoisotopic (exact) mass is 369 g/mol. The SMILES string of the molecule is CCOc1ccc(C(=O)N2CC(n3cc(CN4CCCC4=O)nn3)C2)cc1. The topological polar surface area (TPSA) is 80.6 Å². The Morgan fingerprint density at radius 3 is 2.70 bits per heavy atom. The van der Waals surface area contributed by atoms with Gasteiger partial charge in [0.15, 0.2) is 0 Å². The highest BCUT2D eigenvalue weighted by molar-refractivity contribution is 5.94. The Morgan fingerprint density at radius 1 is 1.26 bits per heavy atom. The third-order valence-corrected chi connectivity index (χ3v) is 5.02. The third-order valence-electron chi connectivity index (χ3n) is 5.02. The van der Waals surface area contributed by atoms with Crippen molar-refractivity contribution in [1.29, 1.82) is 0 Å². The summed E-state index contributed by atoms with van der Waals surface area (Å²) in [4.78, 5) is 27.9. The van der Waals surface area contributed by atoms with Gasteiger partial charge in [0.25, 0.3) is 5.91 Å². The zero-order chi connectivity index (χ0) is 18.8. The number of amides is 2. The summed E-state index contributed by atoms with van der Waals surface area (Å²) >= 11 is 0. The Hall–Kier alpha value is -2.90. The molecule has 3 heterocycles. The molecular formula is C19H23N5O3. The molecule has 2 aliphatic rings. The summed E-state index contributed by atoms with van der Waals surface area (Å²) in [5.74, 6) is 0.958. The second kappa shape index (κ2) is 7.38. The van der Waals surface area contributed by atoms with Crippen LogP contribution in [0, 0.1) is 0 Å². The maximum Gasteiger partial charge on any atom is 0.254 e. The van der Waals surface area contributed by atoms with Gasteiger partial charge in [0.2, 0.25) is 5.91 Å². The lowest BCUT2D eigenvalue weighted by Crippen LogP contribution is -2.50. The first-order chi connectivity index (χ1) is 13.1. The number of aromatic nitrogens is 3. The predicted octanol–water partition coefficient (Wildman–Crippen LogP) is 1.50. The van der Waals surface area contributed by atoms with Crippen molar-refractivity contribution >= 4 is 11.8 Å². The van der Waals surface area contributed by atoms with Crippen LogP contribution in [0.25, 0.3) is 0 Å². The Morgan fingerprint density at radius 2 is 2.04 bits per heavy atom. The van der Waals surface area contributed by atoms with E-state index < -0.39 is 0 Å². The van der Waals surface area contributed by atoms with Crippen LogP contribution in [0.3, 0.4) is 0 Å². The highest BCUT2D eigenvalue weighted by atomic mass is 16.5. The summed E-state index contributed by atoms with van der Waals surface area (Å²) in [7, 11) is 0. The number of hydrogen-bond donors (Lipinski definition) is 0. The lowest BCUT2D eigenvalue weighted by atomic mass is 10.1. The number of nitrogens with zero attached hydrogens (tertiary/aromatic N) is 5. The molecule has 0 bridgehead atoms. The van der Waals surface area contributed by atoms with E-state index in [1.807, 2.05) is 30.2 Å². The Kier molecular flexibility index (Phi) is 4.79. The van der Waals surface area contributed by atoms with E-state index in [-0.39, 0.29) is 17.9 Å². The number of rotatable bonds is 6. The molecule has 0 N–H and O–H groups in total. The number of carbonyl (C=O) groups excluding carboxylic acids is 2. The number of hydrogen-bond acceptors (Lipinski definition) is 5. The molecule has 2 amide bonds. The van der Waals surface area contributed by atoms with Crippen LogP contribution in [0.5, 0.6) is 5.75 Å². The zero-order valence-electron chi connectivity index (χ0n) is 15.4. The molecule has 2 saturated heterocycles. The fourth-order valence-corrected chi connectivity index (χ4v) is 3.46. The smallest absolute Gasteiger partial charge is 0.254 e. The van der Waals surface area contributed by atoms with Gasteiger partial charge in [-0.3, -0.25) is 9.59 Å². The molecule has 0 atom stereocenters. The van der Waals surface area contributed by atoms with Crippen molar-refractivity contribution < 1.29 is 14.3 Å². The Labute approximate surface area is 157 Å². The van der Waals surface area contributed by atoms with Gasteiger partial charge in [-0.2, -0.15) is 0 Å². The van der Waals surface area contributed by atoms with Crippen LogP contribution >= 0.6 is 0 Å². The van der Waals surface area contributed by atoms with Crippen molar-refractivity contribution in [3.05, 3.63) is 41.7 Å². The fourth-order valence-electron chi connectivity index (χ4n) is 3.46. The second-order valence-electron chi connectivity index (χ2n) is 6.93. The zero-order valence-corrected chi connectivity index (χ0v) is 15.4. The molecule has 1 aromatic heterocycles. The van der Waals surface area contributed by atoms with E-state index in [0.717, 1.165) is 24.4 Å². The van der Waals surface area contributed by atoms with E-state index in [1.54, 1.807) is 21.7 Å². The first-order valence-corrected chi connectivity index (χ1v) is 9.34. The molecule has 27 heavy (non-hydrogen) atoms. The first-order valence-electron chi connectivity index (χ1n) is 9.34. The van der Waals surface area contributed by atoms with E-state index in [4.69, 9.17) is 4.74 Å². The molecule has 0 spiro atoms. The molecule has 1 aromatic carbocycles. The van der Waals surface area contributed by atoms with Gasteiger partial charge in [0, 0.05) is 31.6 Å². The summed E-state index contributed by atoms with van der Waals surface area (Å²) in [5.41, 5.74) is 1.45. The third kappa shape index (κ3) is 3.65. The van der Waals surface area contributed by atoms with E-state index in [0.29, 0.717) is 38.2 Å². The molecule has 142 valence electrons. The molecular weight excluding hydrogens is 346 g/mol. The van der Waals surface area contributed by atoms with Gasteiger partial charge in [0.05, 0.1) is 25.4 Å². The van der Waals surface area contributed by atoms with Crippen LogP contribution in [0.2, 0.25) is 0 Å². The average Bonchev–Trinajstić information content (AvgIpc) is 3.24. The van der Waals surface area contributed by atoms with Crippen molar-refractivity contribution in [3.8, 4) is 5.75 Å². The number of carbonyl (C=O) groups is 2. The lowest BCUT2D eigenvalue weighted by molar-refractivity contribution is -0.128. The van der Waals surface area contributed by atoms with Gasteiger partial charge in [-0.05, 0) is 37.6 Å². The quantitative estimate of drug-likeness (QED) is 0.771. The molecule has 0 saturated carbocycles. The standard InChI is InChI=1S/C19H23N5O3/c1-2-27-17-7-5-14(6-8-17)19(26)23-12-16(13-23)24-11-15(20-21-24)10-22-9-3-4-18(22)25/h5-8,11,16H,2-4,9-10,12-13H2,1H3. The van der Waals surface area contributed by atoms with Crippen molar-refractivity contribution in [3.63, 3.8) is 0 Å². The minimum Gasteiger partial charge on any atom is -0.494 e. The molecule has 2 fully saturated rings. The summed E-state index contributed by atoms with van der Waals surface area (Å²) in [6.45, 7) is 5.06. The Balaban J connectivity index is 1.31. The minimum absolute atomic E-state index is 0.0114. The van der Waals surface area contributed by atoms with E-state index in [1.165, 1.54) is 0 Å². The maximum atomic E-state index is 12.5. The molecule has 8 heteroatoms. The van der Waals surface area contributed by atoms with Crippen molar-refractivity contribution in [2.75, 3.05) is 26.2 Å². The molecule has 0 radical (unpaired) electrons. The molecule has 2 aliphatic heterocycles. The molecule has 0 aliphatic carbocycles. The summed E-state index contributed by atoms with van der Waals surface area (Å²) in [6, 6.07) is 7.35. The van der Waals surface area contributed by atoms with Crippen LogP contribution in [0.1, 0.15) is 41.9 Å². The van der Waals surface area contributed by atoms with Crippen LogP contribution in [-0.4, -0.2) is 62.8 Å². The summed E-state index contributed by atoms with van der Waals surface area (Å²) in [5, 5.41) is 8.35. The molecule has 4 rings (SSSR count). The summed E-state index contributed by atoms with van der Waals surface area (Å²) in [6.07, 6.45) is 3.42. The van der Waals surface area contributed by atoms with Gasteiger partial charge in [-0.15, -0.1) is 5.10 Å².